The van der Waals surface area contributed by atoms with Crippen LogP contribution in [0.4, 0.5) is 0 Å². The molecule has 5 heteroatoms. The van der Waals surface area contributed by atoms with Gasteiger partial charge >= 0.3 is 5.97 Å². The molecule has 116 valence electrons. The molecule has 0 aliphatic carbocycles. The Hall–Kier alpha value is -3.08. The van der Waals surface area contributed by atoms with Crippen molar-refractivity contribution in [3.63, 3.8) is 0 Å². The van der Waals surface area contributed by atoms with Crippen LogP contribution in [-0.2, 0) is 6.61 Å². The number of hydrogen-bond acceptors (Lipinski definition) is 3. The molecular weight excluding hydrogens is 292 g/mol. The molecule has 0 aliphatic heterocycles. The van der Waals surface area contributed by atoms with E-state index in [-0.39, 0.29) is 5.69 Å². The lowest BCUT2D eigenvalue weighted by atomic mass is 10.2. The Morgan fingerprint density at radius 1 is 1.13 bits per heavy atom. The van der Waals surface area contributed by atoms with Gasteiger partial charge in [0.2, 0.25) is 0 Å². The molecule has 2 aromatic carbocycles. The molecule has 1 heterocycles. The molecule has 0 radical (unpaired) electrons. The van der Waals surface area contributed by atoms with E-state index in [1.807, 2.05) is 54.6 Å². The molecule has 0 unspecified atom stereocenters. The molecule has 1 aromatic heterocycles. The van der Waals surface area contributed by atoms with E-state index in [1.54, 1.807) is 11.5 Å². The maximum atomic E-state index is 11.0. The first-order chi connectivity index (χ1) is 11.1. The number of ether oxygens (including phenoxy) is 1. The lowest BCUT2D eigenvalue weighted by Gasteiger charge is -2.09. The van der Waals surface area contributed by atoms with Crippen LogP contribution in [0.5, 0.6) is 5.75 Å². The Balaban J connectivity index is 1.73. The SMILES string of the molecule is Cc1c(C(=O)O)ncn1-c1ccc(OCc2ccccc2)cc1. The normalized spacial score (nSPS) is 10.5. The fourth-order valence-corrected chi connectivity index (χ4v) is 2.32. The number of hydrogen-bond donors (Lipinski definition) is 1. The molecule has 0 fully saturated rings. The monoisotopic (exact) mass is 308 g/mol. The van der Waals surface area contributed by atoms with E-state index in [2.05, 4.69) is 4.98 Å². The summed E-state index contributed by atoms with van der Waals surface area (Å²) in [7, 11) is 0. The minimum absolute atomic E-state index is 0.0643. The van der Waals surface area contributed by atoms with Gasteiger partial charge in [0.1, 0.15) is 18.7 Å². The van der Waals surface area contributed by atoms with Gasteiger partial charge < -0.3 is 14.4 Å². The van der Waals surface area contributed by atoms with Crippen molar-refractivity contribution in [3.05, 3.63) is 77.9 Å². The van der Waals surface area contributed by atoms with Gasteiger partial charge in [0.05, 0.1) is 5.69 Å². The van der Waals surface area contributed by atoms with E-state index < -0.39 is 5.97 Å². The number of aromatic carboxylic acids is 1. The maximum absolute atomic E-state index is 11.0. The standard InChI is InChI=1S/C18H16N2O3/c1-13-17(18(21)22)19-12-20(13)15-7-9-16(10-8-15)23-11-14-5-3-2-4-6-14/h2-10,12H,11H2,1H3,(H,21,22). The summed E-state index contributed by atoms with van der Waals surface area (Å²) in [6, 6.07) is 17.4. The zero-order valence-electron chi connectivity index (χ0n) is 12.6. The molecular formula is C18H16N2O3. The molecule has 0 bridgehead atoms. The highest BCUT2D eigenvalue weighted by Gasteiger charge is 2.14. The van der Waals surface area contributed by atoms with Crippen LogP contribution in [0, 0.1) is 6.92 Å². The first kappa shape index (κ1) is 14.8. The van der Waals surface area contributed by atoms with Gasteiger partial charge in [-0.05, 0) is 36.8 Å². The largest absolute Gasteiger partial charge is 0.489 e. The van der Waals surface area contributed by atoms with Crippen molar-refractivity contribution in [2.24, 2.45) is 0 Å². The highest BCUT2D eigenvalue weighted by atomic mass is 16.5. The number of carboxylic acids is 1. The number of carboxylic acid groups (broad SMARTS) is 1. The van der Waals surface area contributed by atoms with Gasteiger partial charge in [-0.2, -0.15) is 0 Å². The van der Waals surface area contributed by atoms with Crippen LogP contribution in [0.3, 0.4) is 0 Å². The molecule has 3 rings (SSSR count). The molecule has 0 saturated heterocycles. The van der Waals surface area contributed by atoms with Crippen LogP contribution in [-0.4, -0.2) is 20.6 Å². The number of aromatic nitrogens is 2. The van der Waals surface area contributed by atoms with Gasteiger partial charge in [0.15, 0.2) is 5.69 Å². The predicted molar refractivity (Wildman–Crippen MR) is 86.0 cm³/mol. The second kappa shape index (κ2) is 6.36. The summed E-state index contributed by atoms with van der Waals surface area (Å²) >= 11 is 0. The quantitative estimate of drug-likeness (QED) is 0.784. The van der Waals surface area contributed by atoms with E-state index in [9.17, 15) is 4.79 Å². The molecule has 23 heavy (non-hydrogen) atoms. The lowest BCUT2D eigenvalue weighted by molar-refractivity contribution is 0.0690. The van der Waals surface area contributed by atoms with E-state index in [4.69, 9.17) is 9.84 Å². The molecule has 0 spiro atoms. The van der Waals surface area contributed by atoms with Crippen molar-refractivity contribution < 1.29 is 14.6 Å². The van der Waals surface area contributed by atoms with E-state index in [0.717, 1.165) is 17.0 Å². The zero-order valence-corrected chi connectivity index (χ0v) is 12.6. The van der Waals surface area contributed by atoms with Crippen molar-refractivity contribution in [2.45, 2.75) is 13.5 Å². The summed E-state index contributed by atoms with van der Waals surface area (Å²) in [5.74, 6) is -0.266. The lowest BCUT2D eigenvalue weighted by Crippen LogP contribution is -2.02. The van der Waals surface area contributed by atoms with Crippen molar-refractivity contribution in [1.29, 1.82) is 0 Å². The van der Waals surface area contributed by atoms with E-state index >= 15 is 0 Å². The summed E-state index contributed by atoms with van der Waals surface area (Å²) in [4.78, 5) is 15.0. The third kappa shape index (κ3) is 3.23. The minimum atomic E-state index is -1.02. The third-order valence-electron chi connectivity index (χ3n) is 3.57. The first-order valence-electron chi connectivity index (χ1n) is 7.19. The fraction of sp³-hybridized carbons (Fsp3) is 0.111. The zero-order chi connectivity index (χ0) is 16.2. The predicted octanol–water partition coefficient (Wildman–Crippen LogP) is 3.46. The Kier molecular flexibility index (Phi) is 4.10. The van der Waals surface area contributed by atoms with Gasteiger partial charge in [-0.15, -0.1) is 0 Å². The molecule has 1 N–H and O–H groups in total. The van der Waals surface area contributed by atoms with Crippen LogP contribution < -0.4 is 4.74 Å². The van der Waals surface area contributed by atoms with E-state index in [1.165, 1.54) is 6.33 Å². The van der Waals surface area contributed by atoms with Gasteiger partial charge in [-0.3, -0.25) is 0 Å². The maximum Gasteiger partial charge on any atom is 0.356 e. The average molecular weight is 308 g/mol. The molecule has 3 aromatic rings. The second-order valence-electron chi connectivity index (χ2n) is 5.12. The molecule has 0 atom stereocenters. The molecule has 0 saturated carbocycles. The van der Waals surface area contributed by atoms with Crippen LogP contribution in [0.25, 0.3) is 5.69 Å². The minimum Gasteiger partial charge on any atom is -0.489 e. The van der Waals surface area contributed by atoms with Gasteiger partial charge in [0.25, 0.3) is 0 Å². The fourth-order valence-electron chi connectivity index (χ4n) is 2.32. The summed E-state index contributed by atoms with van der Waals surface area (Å²) in [5.41, 5.74) is 2.60. The van der Waals surface area contributed by atoms with Gasteiger partial charge in [0, 0.05) is 5.69 Å². The summed E-state index contributed by atoms with van der Waals surface area (Å²) < 4.78 is 7.48. The Morgan fingerprint density at radius 2 is 1.83 bits per heavy atom. The van der Waals surface area contributed by atoms with Crippen LogP contribution in [0.1, 0.15) is 21.7 Å². The highest BCUT2D eigenvalue weighted by Crippen LogP contribution is 2.19. The average Bonchev–Trinajstić information content (AvgIpc) is 2.96. The Morgan fingerprint density at radius 3 is 2.43 bits per heavy atom. The molecule has 5 nitrogen and oxygen atoms in total. The van der Waals surface area contributed by atoms with Gasteiger partial charge in [-0.25, -0.2) is 9.78 Å². The van der Waals surface area contributed by atoms with Crippen LogP contribution in [0.15, 0.2) is 60.9 Å². The Labute approximate surface area is 133 Å². The van der Waals surface area contributed by atoms with Crippen LogP contribution in [0.2, 0.25) is 0 Å². The smallest absolute Gasteiger partial charge is 0.356 e. The van der Waals surface area contributed by atoms with E-state index in [0.29, 0.717) is 12.3 Å². The Bertz CT molecular complexity index is 808. The third-order valence-corrected chi connectivity index (χ3v) is 3.57. The summed E-state index contributed by atoms with van der Waals surface area (Å²) in [5, 5.41) is 9.05. The molecule has 0 amide bonds. The number of carbonyl (C=O) groups is 1. The van der Waals surface area contributed by atoms with Crippen molar-refractivity contribution in [3.8, 4) is 11.4 Å². The van der Waals surface area contributed by atoms with Crippen molar-refractivity contribution >= 4 is 5.97 Å². The topological polar surface area (TPSA) is 64.3 Å². The van der Waals surface area contributed by atoms with Crippen molar-refractivity contribution in [1.82, 2.24) is 9.55 Å². The number of rotatable bonds is 5. The number of imidazole rings is 1. The van der Waals surface area contributed by atoms with Gasteiger partial charge in [-0.1, -0.05) is 30.3 Å². The summed E-state index contributed by atoms with van der Waals surface area (Å²) in [6.45, 7) is 2.24. The molecule has 0 aliphatic rings. The van der Waals surface area contributed by atoms with Crippen molar-refractivity contribution in [2.75, 3.05) is 0 Å². The highest BCUT2D eigenvalue weighted by molar-refractivity contribution is 5.86. The second-order valence-corrected chi connectivity index (χ2v) is 5.12. The van der Waals surface area contributed by atoms with Crippen LogP contribution >= 0.6 is 0 Å². The number of nitrogens with zero attached hydrogens (tertiary/aromatic N) is 2. The summed E-state index contributed by atoms with van der Waals surface area (Å²) in [6.07, 6.45) is 1.51. The number of benzene rings is 2. The first-order valence-corrected chi connectivity index (χ1v) is 7.19.